The minimum atomic E-state index is -0.741. The van der Waals surface area contributed by atoms with Gasteiger partial charge in [-0.15, -0.1) is 0 Å². The maximum Gasteiger partial charge on any atom is 0.411 e. The molecule has 0 aliphatic heterocycles. The molecule has 0 radical (unpaired) electrons. The lowest BCUT2D eigenvalue weighted by Crippen LogP contribution is -2.49. The minimum absolute atomic E-state index is 0.0308. The Kier molecular flexibility index (Phi) is 8.64. The molecule has 0 aromatic carbocycles. The zero-order chi connectivity index (χ0) is 15.8. The van der Waals surface area contributed by atoms with Crippen molar-refractivity contribution in [2.45, 2.75) is 38.8 Å². The quantitative estimate of drug-likeness (QED) is 0.719. The lowest BCUT2D eigenvalue weighted by Gasteiger charge is -2.31. The Morgan fingerprint density at radius 1 is 1.35 bits per heavy atom. The summed E-state index contributed by atoms with van der Waals surface area (Å²) in [6.45, 7) is 5.03. The molecule has 0 bridgehead atoms. The second kappa shape index (κ2) is 9.07. The first kappa shape index (κ1) is 19.1. The molecular formula is C13H25NO5S. The molecule has 0 rings (SSSR count). The zero-order valence-corrected chi connectivity index (χ0v) is 13.7. The molecule has 0 saturated carbocycles. The van der Waals surface area contributed by atoms with Crippen LogP contribution in [-0.2, 0) is 14.3 Å². The van der Waals surface area contributed by atoms with Crippen LogP contribution >= 0.6 is 11.8 Å². The largest absolute Gasteiger partial charge is 0.467 e. The van der Waals surface area contributed by atoms with Crippen molar-refractivity contribution in [3.05, 3.63) is 0 Å². The predicted octanol–water partition coefficient (Wildman–Crippen LogP) is 1.51. The monoisotopic (exact) mass is 307 g/mol. The van der Waals surface area contributed by atoms with Crippen molar-refractivity contribution in [3.63, 3.8) is 0 Å². The molecule has 0 spiro atoms. The van der Waals surface area contributed by atoms with E-state index >= 15 is 0 Å². The Hall–Kier alpha value is -0.950. The maximum absolute atomic E-state index is 12.2. The number of hydrogen-bond donors (Lipinski definition) is 1. The molecule has 118 valence electrons. The number of nitrogens with zero attached hydrogens (tertiary/aromatic N) is 1. The molecule has 0 aliphatic carbocycles. The van der Waals surface area contributed by atoms with Gasteiger partial charge in [0, 0.05) is 6.54 Å². The number of methoxy groups -OCH3 is 1. The van der Waals surface area contributed by atoms with E-state index in [4.69, 9.17) is 14.6 Å². The molecule has 6 nitrogen and oxygen atoms in total. The molecule has 0 saturated heterocycles. The number of carbonyl (C=O) groups is 2. The number of hydrogen-bond acceptors (Lipinski definition) is 6. The third kappa shape index (κ3) is 7.00. The summed E-state index contributed by atoms with van der Waals surface area (Å²) in [6.07, 6.45) is 1.74. The SMILES string of the molecule is COC(=O)[C@H](CCSC)N(CCO)C(=O)OC(C)(C)C. The highest BCUT2D eigenvalue weighted by Gasteiger charge is 2.32. The maximum atomic E-state index is 12.2. The average molecular weight is 307 g/mol. The number of amides is 1. The van der Waals surface area contributed by atoms with E-state index in [2.05, 4.69) is 0 Å². The lowest BCUT2D eigenvalue weighted by molar-refractivity contribution is -0.147. The summed E-state index contributed by atoms with van der Waals surface area (Å²) in [5.41, 5.74) is -0.662. The zero-order valence-electron chi connectivity index (χ0n) is 12.8. The van der Waals surface area contributed by atoms with Crippen molar-refractivity contribution >= 4 is 23.8 Å². The van der Waals surface area contributed by atoms with E-state index in [1.165, 1.54) is 12.0 Å². The van der Waals surface area contributed by atoms with E-state index in [1.54, 1.807) is 32.5 Å². The molecule has 1 amide bonds. The van der Waals surface area contributed by atoms with Gasteiger partial charge in [-0.05, 0) is 39.2 Å². The van der Waals surface area contributed by atoms with Crippen molar-refractivity contribution in [2.75, 3.05) is 32.3 Å². The number of thioether (sulfide) groups is 1. The third-order valence-corrected chi connectivity index (χ3v) is 3.06. The van der Waals surface area contributed by atoms with Crippen LogP contribution in [0.3, 0.4) is 0 Å². The number of aliphatic hydroxyl groups excluding tert-OH is 1. The van der Waals surface area contributed by atoms with Crippen molar-refractivity contribution in [1.82, 2.24) is 4.90 Å². The van der Waals surface area contributed by atoms with E-state index in [0.29, 0.717) is 12.2 Å². The summed E-state index contributed by atoms with van der Waals surface area (Å²) in [4.78, 5) is 25.2. The molecule has 0 aromatic rings. The molecular weight excluding hydrogens is 282 g/mol. The van der Waals surface area contributed by atoms with Gasteiger partial charge in [-0.2, -0.15) is 11.8 Å². The number of ether oxygens (including phenoxy) is 2. The van der Waals surface area contributed by atoms with Crippen molar-refractivity contribution < 1.29 is 24.2 Å². The van der Waals surface area contributed by atoms with E-state index in [-0.39, 0.29) is 13.2 Å². The van der Waals surface area contributed by atoms with Crippen LogP contribution in [-0.4, -0.2) is 66.0 Å². The van der Waals surface area contributed by atoms with Crippen LogP contribution in [0.2, 0.25) is 0 Å². The van der Waals surface area contributed by atoms with E-state index < -0.39 is 23.7 Å². The fourth-order valence-corrected chi connectivity index (χ4v) is 2.03. The third-order valence-electron chi connectivity index (χ3n) is 2.41. The molecule has 0 aromatic heterocycles. The Balaban J connectivity index is 5.04. The highest BCUT2D eigenvalue weighted by atomic mass is 32.2. The van der Waals surface area contributed by atoms with Gasteiger partial charge in [0.25, 0.3) is 0 Å². The number of esters is 1. The first-order chi connectivity index (χ1) is 9.26. The number of rotatable bonds is 7. The van der Waals surface area contributed by atoms with Gasteiger partial charge < -0.3 is 14.6 Å². The van der Waals surface area contributed by atoms with Crippen LogP contribution in [0.1, 0.15) is 27.2 Å². The number of aliphatic hydroxyl groups is 1. The summed E-state index contributed by atoms with van der Waals surface area (Å²) < 4.78 is 10.0. The minimum Gasteiger partial charge on any atom is -0.467 e. The van der Waals surface area contributed by atoms with Gasteiger partial charge in [0.15, 0.2) is 0 Å². The molecule has 0 heterocycles. The molecule has 20 heavy (non-hydrogen) atoms. The van der Waals surface area contributed by atoms with Crippen LogP contribution < -0.4 is 0 Å². The Bertz CT molecular complexity index is 316. The topological polar surface area (TPSA) is 76.1 Å². The van der Waals surface area contributed by atoms with Gasteiger partial charge in [0.1, 0.15) is 11.6 Å². The molecule has 0 fully saturated rings. The summed E-state index contributed by atoms with van der Waals surface area (Å²) >= 11 is 1.57. The van der Waals surface area contributed by atoms with E-state index in [0.717, 1.165) is 0 Å². The Morgan fingerprint density at radius 3 is 2.35 bits per heavy atom. The average Bonchev–Trinajstić information content (AvgIpc) is 2.35. The van der Waals surface area contributed by atoms with Crippen molar-refractivity contribution in [3.8, 4) is 0 Å². The van der Waals surface area contributed by atoms with Crippen molar-refractivity contribution in [2.24, 2.45) is 0 Å². The Labute approximate surface area is 124 Å². The first-order valence-electron chi connectivity index (χ1n) is 6.44. The van der Waals surface area contributed by atoms with Gasteiger partial charge in [0.2, 0.25) is 0 Å². The predicted molar refractivity (Wildman–Crippen MR) is 78.8 cm³/mol. The summed E-state index contributed by atoms with van der Waals surface area (Å²) in [6, 6.07) is -0.741. The Morgan fingerprint density at radius 2 is 1.95 bits per heavy atom. The fraction of sp³-hybridized carbons (Fsp3) is 0.846. The van der Waals surface area contributed by atoms with Crippen LogP contribution in [0.15, 0.2) is 0 Å². The fourth-order valence-electron chi connectivity index (χ4n) is 1.57. The molecule has 7 heteroatoms. The van der Waals surface area contributed by atoms with Gasteiger partial charge in [-0.25, -0.2) is 9.59 Å². The normalized spacial score (nSPS) is 12.7. The van der Waals surface area contributed by atoms with Gasteiger partial charge in [-0.3, -0.25) is 4.90 Å². The second-order valence-electron chi connectivity index (χ2n) is 5.22. The molecule has 0 aliphatic rings. The standard InChI is InChI=1S/C13H25NO5S/c1-13(2,3)19-12(17)14(7-8-15)10(6-9-20-5)11(16)18-4/h10,15H,6-9H2,1-5H3/t10-/m0/s1. The summed E-state index contributed by atoms with van der Waals surface area (Å²) in [5.74, 6) is 0.197. The smallest absolute Gasteiger partial charge is 0.411 e. The van der Waals surface area contributed by atoms with Crippen LogP contribution in [0.4, 0.5) is 4.79 Å². The van der Waals surface area contributed by atoms with Gasteiger partial charge in [0.05, 0.1) is 13.7 Å². The van der Waals surface area contributed by atoms with Crippen LogP contribution in [0.25, 0.3) is 0 Å². The molecule has 1 atom stereocenters. The second-order valence-corrected chi connectivity index (χ2v) is 6.20. The summed E-state index contributed by atoms with van der Waals surface area (Å²) in [7, 11) is 1.28. The van der Waals surface area contributed by atoms with Crippen LogP contribution in [0, 0.1) is 0 Å². The lowest BCUT2D eigenvalue weighted by atomic mass is 10.2. The first-order valence-corrected chi connectivity index (χ1v) is 7.83. The summed E-state index contributed by atoms with van der Waals surface area (Å²) in [5, 5.41) is 9.11. The molecule has 1 N–H and O–H groups in total. The number of carbonyl (C=O) groups excluding carboxylic acids is 2. The van der Waals surface area contributed by atoms with Crippen LogP contribution in [0.5, 0.6) is 0 Å². The molecule has 0 unspecified atom stereocenters. The van der Waals surface area contributed by atoms with Crippen molar-refractivity contribution in [1.29, 1.82) is 0 Å². The highest BCUT2D eigenvalue weighted by Crippen LogP contribution is 2.15. The van der Waals surface area contributed by atoms with Gasteiger partial charge in [-0.1, -0.05) is 0 Å². The highest BCUT2D eigenvalue weighted by molar-refractivity contribution is 7.98. The van der Waals surface area contributed by atoms with E-state index in [1.807, 2.05) is 6.26 Å². The van der Waals surface area contributed by atoms with E-state index in [9.17, 15) is 9.59 Å². The van der Waals surface area contributed by atoms with Gasteiger partial charge >= 0.3 is 12.1 Å².